The molecule has 0 spiro atoms. The van der Waals surface area contributed by atoms with Gasteiger partial charge in [-0.15, -0.1) is 0 Å². The number of halogens is 1. The van der Waals surface area contributed by atoms with Crippen LogP contribution in [0, 0.1) is 0 Å². The van der Waals surface area contributed by atoms with Crippen LogP contribution < -0.4 is 20.9 Å². The molecule has 3 amide bonds. The van der Waals surface area contributed by atoms with Gasteiger partial charge in [0, 0.05) is 42.2 Å². The number of aromatic nitrogens is 2. The molecule has 0 bridgehead atoms. The van der Waals surface area contributed by atoms with E-state index in [1.807, 2.05) is 4.90 Å². The molecule has 142 valence electrons. The first-order chi connectivity index (χ1) is 13.1. The van der Waals surface area contributed by atoms with Crippen molar-refractivity contribution >= 4 is 35.2 Å². The molecule has 2 aromatic rings. The summed E-state index contributed by atoms with van der Waals surface area (Å²) in [6.07, 6.45) is 5.20. The minimum atomic E-state index is -0.373. The first-order valence-corrected chi connectivity index (χ1v) is 9.10. The van der Waals surface area contributed by atoms with Crippen molar-refractivity contribution in [1.29, 1.82) is 0 Å². The smallest absolute Gasteiger partial charge is 0.315 e. The van der Waals surface area contributed by atoms with Crippen molar-refractivity contribution in [2.45, 2.75) is 18.9 Å². The summed E-state index contributed by atoms with van der Waals surface area (Å²) in [7, 11) is 0. The molecule has 1 aromatic carbocycles. The number of piperidine rings is 1. The van der Waals surface area contributed by atoms with E-state index in [0.717, 1.165) is 19.4 Å². The molecule has 9 heteroatoms. The molecule has 1 aromatic heterocycles. The average Bonchev–Trinajstić information content (AvgIpc) is 2.69. The van der Waals surface area contributed by atoms with Crippen LogP contribution >= 0.6 is 11.6 Å². The molecule has 1 fully saturated rings. The van der Waals surface area contributed by atoms with E-state index in [4.69, 9.17) is 11.6 Å². The van der Waals surface area contributed by atoms with E-state index in [-0.39, 0.29) is 24.5 Å². The molecule has 0 saturated carbocycles. The predicted molar refractivity (Wildman–Crippen MR) is 104 cm³/mol. The molecule has 3 rings (SSSR count). The third-order valence-electron chi connectivity index (χ3n) is 4.13. The highest BCUT2D eigenvalue weighted by Gasteiger charge is 2.23. The van der Waals surface area contributed by atoms with Crippen molar-refractivity contribution in [2.24, 2.45) is 0 Å². The van der Waals surface area contributed by atoms with Crippen LogP contribution in [0.3, 0.4) is 0 Å². The molecule has 2 heterocycles. The summed E-state index contributed by atoms with van der Waals surface area (Å²) in [5.74, 6) is 0.349. The Morgan fingerprint density at radius 2 is 1.93 bits per heavy atom. The Balaban J connectivity index is 1.42. The van der Waals surface area contributed by atoms with E-state index < -0.39 is 0 Å². The highest BCUT2D eigenvalue weighted by atomic mass is 35.5. The van der Waals surface area contributed by atoms with Gasteiger partial charge in [-0.05, 0) is 43.2 Å². The van der Waals surface area contributed by atoms with E-state index in [0.29, 0.717) is 23.2 Å². The van der Waals surface area contributed by atoms with Gasteiger partial charge in [0.25, 0.3) is 0 Å². The minimum Gasteiger partial charge on any atom is -0.339 e. The minimum absolute atomic E-state index is 0.0260. The molecule has 1 aliphatic heterocycles. The van der Waals surface area contributed by atoms with E-state index in [1.165, 1.54) is 0 Å². The fourth-order valence-electron chi connectivity index (χ4n) is 2.87. The Labute approximate surface area is 162 Å². The van der Waals surface area contributed by atoms with E-state index in [9.17, 15) is 9.59 Å². The van der Waals surface area contributed by atoms with Gasteiger partial charge >= 0.3 is 6.03 Å². The first-order valence-electron chi connectivity index (χ1n) is 8.72. The number of urea groups is 1. The second-order valence-electron chi connectivity index (χ2n) is 6.22. The lowest BCUT2D eigenvalue weighted by Crippen LogP contribution is -2.51. The first kappa shape index (κ1) is 18.9. The molecule has 0 radical (unpaired) electrons. The Bertz CT molecular complexity index is 771. The summed E-state index contributed by atoms with van der Waals surface area (Å²) in [6, 6.07) is 8.13. The number of benzene rings is 1. The summed E-state index contributed by atoms with van der Waals surface area (Å²) in [6.45, 7) is 1.37. The highest BCUT2D eigenvalue weighted by molar-refractivity contribution is 6.30. The lowest BCUT2D eigenvalue weighted by molar-refractivity contribution is -0.115. The summed E-state index contributed by atoms with van der Waals surface area (Å²) in [4.78, 5) is 34.5. The standard InChI is InChI=1S/C18H21ClN6O2/c19-13-4-6-14(7-5-13)23-16(26)11-22-18(27)24-15-3-1-10-25(12-15)17-20-8-2-9-21-17/h2,4-9,15H,1,3,10-12H2,(H,23,26)(H2,22,24,27). The molecular formula is C18H21ClN6O2. The monoisotopic (exact) mass is 388 g/mol. The number of carbonyl (C=O) groups is 2. The summed E-state index contributed by atoms with van der Waals surface area (Å²) >= 11 is 5.80. The SMILES string of the molecule is O=C(CNC(=O)NC1CCCN(c2ncccn2)C1)Nc1ccc(Cl)cc1. The van der Waals surface area contributed by atoms with Gasteiger partial charge in [-0.2, -0.15) is 0 Å². The lowest BCUT2D eigenvalue weighted by atomic mass is 10.1. The number of amides is 3. The molecule has 1 atom stereocenters. The van der Waals surface area contributed by atoms with Crippen molar-refractivity contribution < 1.29 is 9.59 Å². The quantitative estimate of drug-likeness (QED) is 0.727. The maximum atomic E-state index is 12.1. The molecule has 1 aliphatic rings. The molecular weight excluding hydrogens is 368 g/mol. The Morgan fingerprint density at radius 1 is 1.19 bits per heavy atom. The third-order valence-corrected chi connectivity index (χ3v) is 4.38. The van der Waals surface area contributed by atoms with Gasteiger partial charge in [-0.25, -0.2) is 14.8 Å². The van der Waals surface area contributed by atoms with Crippen LogP contribution in [0.25, 0.3) is 0 Å². The number of anilines is 2. The molecule has 1 unspecified atom stereocenters. The predicted octanol–water partition coefficient (Wildman–Crippen LogP) is 2.04. The highest BCUT2D eigenvalue weighted by Crippen LogP contribution is 2.15. The van der Waals surface area contributed by atoms with Gasteiger partial charge < -0.3 is 20.9 Å². The lowest BCUT2D eigenvalue weighted by Gasteiger charge is -2.33. The molecule has 1 saturated heterocycles. The van der Waals surface area contributed by atoms with Gasteiger partial charge in [-0.1, -0.05) is 11.6 Å². The normalized spacial score (nSPS) is 16.5. The zero-order valence-corrected chi connectivity index (χ0v) is 15.4. The van der Waals surface area contributed by atoms with Crippen molar-refractivity contribution in [3.05, 3.63) is 47.7 Å². The van der Waals surface area contributed by atoms with Crippen molar-refractivity contribution in [2.75, 3.05) is 29.9 Å². The largest absolute Gasteiger partial charge is 0.339 e. The Hall–Kier alpha value is -2.87. The zero-order valence-electron chi connectivity index (χ0n) is 14.7. The second kappa shape index (κ2) is 9.18. The molecule has 3 N–H and O–H groups in total. The molecule has 8 nitrogen and oxygen atoms in total. The van der Waals surface area contributed by atoms with Crippen LogP contribution in [0.4, 0.5) is 16.4 Å². The average molecular weight is 389 g/mol. The Morgan fingerprint density at radius 3 is 2.67 bits per heavy atom. The summed E-state index contributed by atoms with van der Waals surface area (Å²) in [5, 5.41) is 8.76. The maximum Gasteiger partial charge on any atom is 0.315 e. The fraction of sp³-hybridized carbons (Fsp3) is 0.333. The van der Waals surface area contributed by atoms with Crippen LogP contribution in [0.1, 0.15) is 12.8 Å². The number of nitrogens with one attached hydrogen (secondary N) is 3. The van der Waals surface area contributed by atoms with Gasteiger partial charge in [0.1, 0.15) is 0 Å². The van der Waals surface area contributed by atoms with Crippen LogP contribution in [-0.2, 0) is 4.79 Å². The maximum absolute atomic E-state index is 12.1. The Kier molecular flexibility index (Phi) is 6.43. The number of nitrogens with zero attached hydrogens (tertiary/aromatic N) is 3. The molecule has 0 aliphatic carbocycles. The van der Waals surface area contributed by atoms with Gasteiger partial charge in [0.05, 0.1) is 6.54 Å². The topological polar surface area (TPSA) is 99.3 Å². The van der Waals surface area contributed by atoms with Gasteiger partial charge in [-0.3, -0.25) is 4.79 Å². The summed E-state index contributed by atoms with van der Waals surface area (Å²) < 4.78 is 0. The number of hydrogen-bond donors (Lipinski definition) is 3. The van der Waals surface area contributed by atoms with E-state index >= 15 is 0 Å². The fourth-order valence-corrected chi connectivity index (χ4v) is 2.99. The van der Waals surface area contributed by atoms with Crippen LogP contribution in [-0.4, -0.2) is 47.6 Å². The van der Waals surface area contributed by atoms with Crippen LogP contribution in [0.2, 0.25) is 5.02 Å². The number of hydrogen-bond acceptors (Lipinski definition) is 5. The van der Waals surface area contributed by atoms with E-state index in [2.05, 4.69) is 25.9 Å². The van der Waals surface area contributed by atoms with Crippen LogP contribution in [0.5, 0.6) is 0 Å². The molecule has 27 heavy (non-hydrogen) atoms. The zero-order chi connectivity index (χ0) is 19.1. The van der Waals surface area contributed by atoms with Gasteiger partial charge in [0.15, 0.2) is 0 Å². The van der Waals surface area contributed by atoms with Crippen LogP contribution in [0.15, 0.2) is 42.7 Å². The van der Waals surface area contributed by atoms with E-state index in [1.54, 1.807) is 42.7 Å². The summed E-state index contributed by atoms with van der Waals surface area (Å²) in [5.41, 5.74) is 0.623. The van der Waals surface area contributed by atoms with Gasteiger partial charge in [0.2, 0.25) is 11.9 Å². The van der Waals surface area contributed by atoms with Crippen molar-refractivity contribution in [3.63, 3.8) is 0 Å². The number of rotatable bonds is 5. The second-order valence-corrected chi connectivity index (χ2v) is 6.65. The van der Waals surface area contributed by atoms with Crippen molar-refractivity contribution in [1.82, 2.24) is 20.6 Å². The van der Waals surface area contributed by atoms with Crippen molar-refractivity contribution in [3.8, 4) is 0 Å². The third kappa shape index (κ3) is 5.82. The number of carbonyl (C=O) groups excluding carboxylic acids is 2.